The van der Waals surface area contributed by atoms with Crippen LogP contribution in [0.1, 0.15) is 32.6 Å². The molecule has 1 aliphatic rings. The van der Waals surface area contributed by atoms with E-state index in [-0.39, 0.29) is 6.10 Å². The molecule has 1 unspecified atom stereocenters. The van der Waals surface area contributed by atoms with Gasteiger partial charge in [0.15, 0.2) is 0 Å². The molecule has 15 heavy (non-hydrogen) atoms. The molecule has 1 atom stereocenters. The monoisotopic (exact) mass is 209 g/mol. The summed E-state index contributed by atoms with van der Waals surface area (Å²) >= 11 is 0. The highest BCUT2D eigenvalue weighted by atomic mass is 16.3. The molecular weight excluding hydrogens is 186 g/mol. The number of aliphatic hydroxyl groups is 1. The summed E-state index contributed by atoms with van der Waals surface area (Å²) in [7, 11) is 0. The Kier molecular flexibility index (Phi) is 5.66. The molecule has 1 aliphatic heterocycles. The Morgan fingerprint density at radius 3 is 2.73 bits per heavy atom. The highest BCUT2D eigenvalue weighted by Crippen LogP contribution is 2.24. The fourth-order valence-electron chi connectivity index (χ4n) is 2.22. The highest BCUT2D eigenvalue weighted by molar-refractivity contribution is 5.10. The van der Waals surface area contributed by atoms with Crippen molar-refractivity contribution in [2.45, 2.75) is 38.7 Å². The first-order chi connectivity index (χ1) is 7.27. The van der Waals surface area contributed by atoms with Crippen LogP contribution in [0, 0.1) is 5.92 Å². The zero-order valence-corrected chi connectivity index (χ0v) is 9.71. The number of aliphatic hydroxyl groups excluding tert-OH is 1. The summed E-state index contributed by atoms with van der Waals surface area (Å²) in [6, 6.07) is 0. The van der Waals surface area contributed by atoms with Crippen molar-refractivity contribution < 1.29 is 5.11 Å². The summed E-state index contributed by atoms with van der Waals surface area (Å²) in [4.78, 5) is 0. The zero-order chi connectivity index (χ0) is 11.1. The van der Waals surface area contributed by atoms with Crippen molar-refractivity contribution in [1.29, 1.82) is 0 Å². The van der Waals surface area contributed by atoms with Gasteiger partial charge in [-0.1, -0.05) is 24.6 Å². The van der Waals surface area contributed by atoms with Gasteiger partial charge in [0.1, 0.15) is 0 Å². The van der Waals surface area contributed by atoms with E-state index in [0.29, 0.717) is 12.3 Å². The molecule has 1 fully saturated rings. The van der Waals surface area contributed by atoms with E-state index in [1.807, 2.05) is 6.08 Å². The van der Waals surface area contributed by atoms with Gasteiger partial charge in [0.2, 0.25) is 0 Å². The van der Waals surface area contributed by atoms with Crippen molar-refractivity contribution in [1.82, 2.24) is 5.32 Å². The van der Waals surface area contributed by atoms with E-state index in [1.165, 1.54) is 18.4 Å². The Balaban J connectivity index is 2.55. The second-order valence-corrected chi connectivity index (χ2v) is 4.21. The maximum absolute atomic E-state index is 9.72. The Labute approximate surface area is 93.1 Å². The molecule has 0 bridgehead atoms. The first-order valence-electron chi connectivity index (χ1n) is 5.98. The molecule has 1 saturated heterocycles. The van der Waals surface area contributed by atoms with Crippen molar-refractivity contribution >= 4 is 0 Å². The van der Waals surface area contributed by atoms with Crippen molar-refractivity contribution in [3.63, 3.8) is 0 Å². The quantitative estimate of drug-likeness (QED) is 0.681. The van der Waals surface area contributed by atoms with E-state index < -0.39 is 0 Å². The van der Waals surface area contributed by atoms with Gasteiger partial charge in [0.25, 0.3) is 0 Å². The second kappa shape index (κ2) is 6.81. The van der Waals surface area contributed by atoms with Crippen molar-refractivity contribution in [3.8, 4) is 0 Å². The van der Waals surface area contributed by atoms with Crippen molar-refractivity contribution in [3.05, 3.63) is 24.3 Å². The van der Waals surface area contributed by atoms with E-state index in [1.54, 1.807) is 6.08 Å². The number of hydrogen-bond acceptors (Lipinski definition) is 2. The van der Waals surface area contributed by atoms with Crippen LogP contribution >= 0.6 is 0 Å². The van der Waals surface area contributed by atoms with Gasteiger partial charge in [-0.25, -0.2) is 0 Å². The number of hydrogen-bond donors (Lipinski definition) is 2. The predicted molar refractivity (Wildman–Crippen MR) is 64.8 cm³/mol. The van der Waals surface area contributed by atoms with Crippen molar-refractivity contribution in [2.75, 3.05) is 13.1 Å². The van der Waals surface area contributed by atoms with Gasteiger partial charge in [-0.15, -0.1) is 6.58 Å². The normalized spacial score (nSPS) is 21.3. The van der Waals surface area contributed by atoms with Crippen LogP contribution in [0.15, 0.2) is 24.3 Å². The fourth-order valence-corrected chi connectivity index (χ4v) is 2.22. The lowest BCUT2D eigenvalue weighted by Crippen LogP contribution is -2.28. The molecule has 0 aromatic heterocycles. The van der Waals surface area contributed by atoms with Gasteiger partial charge in [-0.05, 0) is 44.7 Å². The van der Waals surface area contributed by atoms with Gasteiger partial charge in [-0.3, -0.25) is 0 Å². The van der Waals surface area contributed by atoms with Crippen LogP contribution in [0.4, 0.5) is 0 Å². The number of nitrogens with one attached hydrogen (secondary N) is 1. The van der Waals surface area contributed by atoms with Crippen LogP contribution in [0.5, 0.6) is 0 Å². The lowest BCUT2D eigenvalue weighted by molar-refractivity contribution is 0.224. The second-order valence-electron chi connectivity index (χ2n) is 4.21. The molecule has 0 aromatic carbocycles. The Morgan fingerprint density at radius 2 is 2.20 bits per heavy atom. The summed E-state index contributed by atoms with van der Waals surface area (Å²) in [5, 5.41) is 13.1. The third-order valence-corrected chi connectivity index (χ3v) is 3.09. The number of allylic oxidation sites excluding steroid dienone is 1. The number of piperidine rings is 1. The minimum atomic E-state index is -0.340. The molecular formula is C13H23NO. The topological polar surface area (TPSA) is 32.3 Å². The van der Waals surface area contributed by atoms with Crippen LogP contribution in [0.3, 0.4) is 0 Å². The molecule has 1 heterocycles. The minimum Gasteiger partial charge on any atom is -0.389 e. The van der Waals surface area contributed by atoms with Gasteiger partial charge in [0.05, 0.1) is 6.10 Å². The van der Waals surface area contributed by atoms with Crippen LogP contribution in [-0.2, 0) is 0 Å². The van der Waals surface area contributed by atoms with E-state index in [9.17, 15) is 5.11 Å². The summed E-state index contributed by atoms with van der Waals surface area (Å²) < 4.78 is 0. The summed E-state index contributed by atoms with van der Waals surface area (Å²) in [6.45, 7) is 8.04. The molecule has 0 aromatic rings. The van der Waals surface area contributed by atoms with E-state index in [2.05, 4.69) is 18.8 Å². The average molecular weight is 209 g/mol. The summed E-state index contributed by atoms with van der Waals surface area (Å²) in [5.41, 5.74) is 1.42. The third kappa shape index (κ3) is 4.18. The molecule has 86 valence electrons. The Bertz CT molecular complexity index is 217. The lowest BCUT2D eigenvalue weighted by atomic mass is 9.87. The Hall–Kier alpha value is -0.600. The maximum atomic E-state index is 9.72. The Morgan fingerprint density at radius 1 is 1.53 bits per heavy atom. The van der Waals surface area contributed by atoms with E-state index in [4.69, 9.17) is 0 Å². The fraction of sp³-hybridized carbons (Fsp3) is 0.692. The molecule has 1 rings (SSSR count). The van der Waals surface area contributed by atoms with E-state index >= 15 is 0 Å². The summed E-state index contributed by atoms with van der Waals surface area (Å²) in [5.74, 6) is 0.677. The van der Waals surface area contributed by atoms with Crippen LogP contribution in [-0.4, -0.2) is 24.3 Å². The first kappa shape index (κ1) is 12.5. The molecule has 0 saturated carbocycles. The standard InChI is InChI=1S/C13H23NO/c1-3-5-13(15)10-11(4-2)12-6-8-14-9-7-12/h3,10,12-15H,1,4-9H2,2H3/b11-10+. The van der Waals surface area contributed by atoms with Crippen LogP contribution in [0.25, 0.3) is 0 Å². The van der Waals surface area contributed by atoms with E-state index in [0.717, 1.165) is 19.5 Å². The SMILES string of the molecule is C=CCC(O)/C=C(\CC)C1CCNCC1. The van der Waals surface area contributed by atoms with Gasteiger partial charge in [-0.2, -0.15) is 0 Å². The van der Waals surface area contributed by atoms with Gasteiger partial charge >= 0.3 is 0 Å². The predicted octanol–water partition coefficient (Wildman–Crippen LogP) is 2.26. The molecule has 0 amide bonds. The van der Waals surface area contributed by atoms with Crippen molar-refractivity contribution in [2.24, 2.45) is 5.92 Å². The molecule has 0 aliphatic carbocycles. The zero-order valence-electron chi connectivity index (χ0n) is 9.71. The van der Waals surface area contributed by atoms with Gasteiger partial charge < -0.3 is 10.4 Å². The molecule has 0 spiro atoms. The lowest BCUT2D eigenvalue weighted by Gasteiger charge is -2.25. The highest BCUT2D eigenvalue weighted by Gasteiger charge is 2.16. The van der Waals surface area contributed by atoms with Crippen LogP contribution in [0.2, 0.25) is 0 Å². The third-order valence-electron chi connectivity index (χ3n) is 3.09. The molecule has 2 N–H and O–H groups in total. The average Bonchev–Trinajstić information content (AvgIpc) is 2.27. The van der Waals surface area contributed by atoms with Crippen LogP contribution < -0.4 is 5.32 Å². The largest absolute Gasteiger partial charge is 0.389 e. The molecule has 2 heteroatoms. The molecule has 0 radical (unpaired) electrons. The first-order valence-corrected chi connectivity index (χ1v) is 5.98. The summed E-state index contributed by atoms with van der Waals surface area (Å²) in [6.07, 6.45) is 7.61. The maximum Gasteiger partial charge on any atom is 0.0757 e. The van der Waals surface area contributed by atoms with Gasteiger partial charge in [0, 0.05) is 0 Å². The smallest absolute Gasteiger partial charge is 0.0757 e. The minimum absolute atomic E-state index is 0.340. The number of rotatable bonds is 5. The molecule has 2 nitrogen and oxygen atoms in total.